The summed E-state index contributed by atoms with van der Waals surface area (Å²) in [6, 6.07) is 32.3. The van der Waals surface area contributed by atoms with Crippen molar-refractivity contribution in [1.29, 1.82) is 0 Å². The summed E-state index contributed by atoms with van der Waals surface area (Å²) in [5, 5.41) is 4.19. The zero-order chi connectivity index (χ0) is 24.2. The second kappa shape index (κ2) is 21.2. The molecule has 3 aromatic carbocycles. The summed E-state index contributed by atoms with van der Waals surface area (Å²) < 4.78 is 4.28. The minimum Gasteiger partial charge on any atom is -0.792 e. The molecule has 34 heavy (non-hydrogen) atoms. The Bertz CT molecular complexity index is 853. The van der Waals surface area contributed by atoms with Gasteiger partial charge in [0.05, 0.1) is 7.11 Å². The van der Waals surface area contributed by atoms with Crippen molar-refractivity contribution >= 4 is 42.4 Å². The molecule has 0 saturated carbocycles. The van der Waals surface area contributed by atoms with Crippen LogP contribution >= 0.6 is 7.92 Å². The summed E-state index contributed by atoms with van der Waals surface area (Å²) in [7, 11) is 0.909. The molecule has 0 aliphatic heterocycles. The second-order valence-corrected chi connectivity index (χ2v) is 8.96. The first-order chi connectivity index (χ1) is 16.3. The van der Waals surface area contributed by atoms with E-state index in [1.807, 2.05) is 30.7 Å². The summed E-state index contributed by atoms with van der Waals surface area (Å²) in [5.74, 6) is 0.224. The van der Waals surface area contributed by atoms with Gasteiger partial charge in [-0.2, -0.15) is 5.75 Å². The number of benzene rings is 3. The van der Waals surface area contributed by atoms with E-state index in [2.05, 4.69) is 108 Å². The number of carbonyl (C=O) groups is 1. The van der Waals surface area contributed by atoms with E-state index in [-0.39, 0.29) is 26.4 Å². The molecular formula is C27H27NO3PReS-2. The van der Waals surface area contributed by atoms with Crippen molar-refractivity contribution in [2.24, 2.45) is 0 Å². The van der Waals surface area contributed by atoms with Crippen molar-refractivity contribution in [3.63, 3.8) is 0 Å². The molecule has 178 valence electrons. The molecule has 0 heterocycles. The number of hydrogen-bond acceptors (Lipinski definition) is 4. The van der Waals surface area contributed by atoms with Crippen LogP contribution in [-0.2, 0) is 42.6 Å². The Labute approximate surface area is 223 Å². The van der Waals surface area contributed by atoms with Gasteiger partial charge >= 0.3 is 5.97 Å². The number of carbonyl (C=O) groups excluding carboxylic acids is 1. The first kappa shape index (κ1) is 31.7. The quantitative estimate of drug-likeness (QED) is 0.215. The number of nitrogens with zero attached hydrogens (tertiary/aromatic N) is 1. The predicted octanol–water partition coefficient (Wildman–Crippen LogP) is 5.18. The molecule has 2 radical (unpaired) electrons. The van der Waals surface area contributed by atoms with Crippen LogP contribution in [0.5, 0.6) is 0 Å². The Morgan fingerprint density at radius 1 is 0.735 bits per heavy atom. The maximum Gasteiger partial charge on any atom is 0.303 e. The summed E-state index contributed by atoms with van der Waals surface area (Å²) in [6.45, 7) is 0. The fraction of sp³-hybridized carbons (Fsp3) is 0.111. The standard InChI is InChI=1S/C18H15P.C5H5.C4H8O2S.NO.Re/c1-4-10-16(11-5-1)19(17-12-6-2-7-13-17)18-14-8-3-9-15-18;1-2-4-5-3-1;1-6-4(5)2-3-7;1-2;/h1-15H;1-5H;7H,2-3H2,1H3;;/q;;;-1;/p-1. The number of nitroso groups, excluding NO2 is 1. The molecule has 3 aromatic rings. The molecule has 4 nitrogen and oxygen atoms in total. The van der Waals surface area contributed by atoms with Crippen molar-refractivity contribution in [3.8, 4) is 0 Å². The molecule has 0 atom stereocenters. The molecule has 7 heteroatoms. The molecule has 4 rings (SSSR count). The van der Waals surface area contributed by atoms with E-state index in [0.717, 1.165) is 0 Å². The fourth-order valence-corrected chi connectivity index (χ4v) is 5.16. The van der Waals surface area contributed by atoms with E-state index in [4.69, 9.17) is 10.5 Å². The van der Waals surface area contributed by atoms with E-state index in [1.54, 1.807) is 0 Å². The first-order valence-electron chi connectivity index (χ1n) is 10.2. The number of esters is 1. The van der Waals surface area contributed by atoms with Crippen molar-refractivity contribution in [3.05, 3.63) is 132 Å². The molecule has 0 aromatic heterocycles. The van der Waals surface area contributed by atoms with Crippen LogP contribution in [0.3, 0.4) is 0 Å². The topological polar surface area (TPSA) is 65.7 Å². The number of ether oxygens (including phenoxy) is 1. The zero-order valence-electron chi connectivity index (χ0n) is 18.9. The number of hydrogen-bond donors (Lipinski definition) is 0. The Morgan fingerprint density at radius 3 is 1.29 bits per heavy atom. The van der Waals surface area contributed by atoms with Crippen molar-refractivity contribution < 1.29 is 30.0 Å². The molecule has 0 amide bonds. The van der Waals surface area contributed by atoms with Gasteiger partial charge in [0.2, 0.25) is 0 Å². The molecule has 0 saturated heterocycles. The fourth-order valence-electron chi connectivity index (χ4n) is 2.68. The third-order valence-electron chi connectivity index (χ3n) is 4.13. The van der Waals surface area contributed by atoms with Gasteiger partial charge < -0.3 is 27.9 Å². The second-order valence-electron chi connectivity index (χ2n) is 6.33. The Balaban J connectivity index is 0.000000603. The van der Waals surface area contributed by atoms with Crippen molar-refractivity contribution in [1.82, 2.24) is 0 Å². The van der Waals surface area contributed by atoms with Gasteiger partial charge in [-0.25, -0.2) is 0 Å². The average molecular weight is 663 g/mol. The molecule has 0 fully saturated rings. The number of methoxy groups -OCH3 is 1. The van der Waals surface area contributed by atoms with Crippen LogP contribution in [-0.4, -0.2) is 18.8 Å². The minimum atomic E-state index is -0.446. The van der Waals surface area contributed by atoms with Crippen LogP contribution in [0.25, 0.3) is 5.59 Å². The van der Waals surface area contributed by atoms with E-state index in [0.29, 0.717) is 12.2 Å². The molecule has 0 N–H and O–H groups in total. The molecule has 0 unspecified atom stereocenters. The molecule has 1 aliphatic carbocycles. The Morgan fingerprint density at radius 2 is 1.09 bits per heavy atom. The first-order valence-corrected chi connectivity index (χ1v) is 12.1. The van der Waals surface area contributed by atoms with Crippen LogP contribution in [0.2, 0.25) is 0 Å². The van der Waals surface area contributed by atoms with E-state index < -0.39 is 7.92 Å². The monoisotopic (exact) mass is 663 g/mol. The van der Waals surface area contributed by atoms with Gasteiger partial charge in [-0.15, -0.1) is 0 Å². The van der Waals surface area contributed by atoms with Crippen molar-refractivity contribution in [2.45, 2.75) is 6.42 Å². The summed E-state index contributed by atoms with van der Waals surface area (Å²) >= 11 is 4.49. The van der Waals surface area contributed by atoms with Crippen LogP contribution in [0.1, 0.15) is 6.42 Å². The van der Waals surface area contributed by atoms with Crippen molar-refractivity contribution in [2.75, 3.05) is 12.9 Å². The largest absolute Gasteiger partial charge is 0.792 e. The van der Waals surface area contributed by atoms with E-state index in [9.17, 15) is 4.79 Å². The molecule has 1 aliphatic rings. The maximum absolute atomic E-state index is 10.1. The van der Waals surface area contributed by atoms with Crippen LogP contribution in [0, 0.1) is 11.3 Å². The van der Waals surface area contributed by atoms with E-state index >= 15 is 0 Å². The average Bonchev–Trinajstić information content (AvgIpc) is 3.49. The molecule has 0 bridgehead atoms. The minimum absolute atomic E-state index is 0. The normalized spacial score (nSPS) is 10.3. The van der Waals surface area contributed by atoms with Gasteiger partial charge in [0.15, 0.2) is 0 Å². The molecular weight excluding hydrogens is 636 g/mol. The Hall–Kier alpha value is -2.35. The SMILES string of the molecule is COC(=O)CC[S-].[CH]1C=CC=C1.[N-]=O.[Re].c1ccc(P(c2ccccc2)c2ccccc2)cc1. The molecule has 0 spiro atoms. The number of allylic oxidation sites excluding steroid dienone is 4. The van der Waals surface area contributed by atoms with Gasteiger partial charge in [-0.05, 0) is 23.8 Å². The zero-order valence-corrected chi connectivity index (χ0v) is 23.3. The Kier molecular flexibility index (Phi) is 19.7. The third-order valence-corrected chi connectivity index (χ3v) is 6.78. The summed E-state index contributed by atoms with van der Waals surface area (Å²) in [6.07, 6.45) is 10.4. The van der Waals surface area contributed by atoms with Gasteiger partial charge in [-0.1, -0.05) is 115 Å². The van der Waals surface area contributed by atoms with E-state index in [1.165, 1.54) is 23.0 Å². The number of rotatable bonds is 5. The summed E-state index contributed by atoms with van der Waals surface area (Å²) in [5.41, 5.74) is 5.75. The van der Waals surface area contributed by atoms with Crippen LogP contribution in [0.15, 0.2) is 115 Å². The summed E-state index contributed by atoms with van der Waals surface area (Å²) in [4.78, 5) is 17.4. The van der Waals surface area contributed by atoms with Crippen LogP contribution in [0.4, 0.5) is 0 Å². The third kappa shape index (κ3) is 12.8. The van der Waals surface area contributed by atoms with Gasteiger partial charge in [0, 0.05) is 33.3 Å². The van der Waals surface area contributed by atoms with Crippen LogP contribution < -0.4 is 15.9 Å². The smallest absolute Gasteiger partial charge is 0.303 e. The maximum atomic E-state index is 10.1. The van der Waals surface area contributed by atoms with Gasteiger partial charge in [-0.3, -0.25) is 4.79 Å². The van der Waals surface area contributed by atoms with Gasteiger partial charge in [0.1, 0.15) is 0 Å². The predicted molar refractivity (Wildman–Crippen MR) is 143 cm³/mol. The van der Waals surface area contributed by atoms with Gasteiger partial charge in [0.25, 0.3) is 0 Å².